The molecule has 94 valence electrons. The highest BCUT2D eigenvalue weighted by Crippen LogP contribution is 2.38. The standard InChI is InChI=1S/C12H15ClO4/c1-12(2,3)8-5-6(13)4-7(9(8)14)10(15)11(16)17/h4-5,10,14-15H,1-3H3,(H,16,17). The third kappa shape index (κ3) is 2.90. The normalized spacial score (nSPS) is 13.5. The summed E-state index contributed by atoms with van der Waals surface area (Å²) in [6, 6.07) is 2.82. The smallest absolute Gasteiger partial charge is 0.337 e. The van der Waals surface area contributed by atoms with Gasteiger partial charge in [0.25, 0.3) is 0 Å². The van der Waals surface area contributed by atoms with Crippen molar-refractivity contribution in [3.05, 3.63) is 28.3 Å². The Kier molecular flexibility index (Phi) is 3.69. The molecule has 0 aliphatic rings. The second-order valence-corrected chi connectivity index (χ2v) is 5.32. The van der Waals surface area contributed by atoms with E-state index in [2.05, 4.69) is 0 Å². The fourth-order valence-corrected chi connectivity index (χ4v) is 1.76. The predicted octanol–water partition coefficient (Wildman–Crippen LogP) is 2.46. The number of hydrogen-bond donors (Lipinski definition) is 3. The number of carboxylic acid groups (broad SMARTS) is 1. The van der Waals surface area contributed by atoms with Gasteiger partial charge in [0.15, 0.2) is 6.10 Å². The van der Waals surface area contributed by atoms with Gasteiger partial charge in [-0.05, 0) is 17.5 Å². The van der Waals surface area contributed by atoms with Crippen molar-refractivity contribution in [1.29, 1.82) is 0 Å². The summed E-state index contributed by atoms with van der Waals surface area (Å²) >= 11 is 5.86. The van der Waals surface area contributed by atoms with E-state index < -0.39 is 17.5 Å². The Bertz CT molecular complexity index is 449. The summed E-state index contributed by atoms with van der Waals surface area (Å²) in [6.07, 6.45) is -1.78. The molecule has 0 aliphatic heterocycles. The van der Waals surface area contributed by atoms with Crippen LogP contribution in [0.4, 0.5) is 0 Å². The first-order valence-corrected chi connectivity index (χ1v) is 5.46. The average Bonchev–Trinajstić information content (AvgIpc) is 2.18. The van der Waals surface area contributed by atoms with E-state index in [4.69, 9.17) is 16.7 Å². The second kappa shape index (κ2) is 4.55. The van der Waals surface area contributed by atoms with Gasteiger partial charge in [-0.25, -0.2) is 4.79 Å². The fraction of sp³-hybridized carbons (Fsp3) is 0.417. The average molecular weight is 259 g/mol. The van der Waals surface area contributed by atoms with Crippen LogP contribution in [-0.4, -0.2) is 21.3 Å². The molecule has 3 N–H and O–H groups in total. The summed E-state index contributed by atoms with van der Waals surface area (Å²) in [7, 11) is 0. The molecule has 1 unspecified atom stereocenters. The molecule has 0 amide bonds. The largest absolute Gasteiger partial charge is 0.507 e. The Morgan fingerprint density at radius 2 is 1.88 bits per heavy atom. The van der Waals surface area contributed by atoms with E-state index in [0.717, 1.165) is 0 Å². The van der Waals surface area contributed by atoms with E-state index in [1.54, 1.807) is 6.07 Å². The van der Waals surface area contributed by atoms with Gasteiger partial charge in [-0.1, -0.05) is 32.4 Å². The molecular formula is C12H15ClO4. The van der Waals surface area contributed by atoms with Crippen molar-refractivity contribution in [2.24, 2.45) is 0 Å². The number of rotatable bonds is 2. The lowest BCUT2D eigenvalue weighted by Gasteiger charge is -2.23. The van der Waals surface area contributed by atoms with Crippen molar-refractivity contribution >= 4 is 17.6 Å². The van der Waals surface area contributed by atoms with E-state index in [1.165, 1.54) is 6.07 Å². The number of aromatic hydroxyl groups is 1. The number of carbonyl (C=O) groups is 1. The molecule has 1 atom stereocenters. The third-order valence-electron chi connectivity index (χ3n) is 2.44. The van der Waals surface area contributed by atoms with Gasteiger partial charge in [0.05, 0.1) is 0 Å². The maximum Gasteiger partial charge on any atom is 0.337 e. The van der Waals surface area contributed by atoms with Crippen molar-refractivity contribution in [2.45, 2.75) is 32.3 Å². The number of aliphatic hydroxyl groups excluding tert-OH is 1. The minimum Gasteiger partial charge on any atom is -0.507 e. The van der Waals surface area contributed by atoms with E-state index in [0.29, 0.717) is 5.56 Å². The first-order chi connectivity index (χ1) is 7.64. The molecule has 0 aliphatic carbocycles. The van der Waals surface area contributed by atoms with E-state index in [-0.39, 0.29) is 16.3 Å². The Hall–Kier alpha value is -1.26. The van der Waals surface area contributed by atoms with Crippen LogP contribution < -0.4 is 0 Å². The molecule has 0 heterocycles. The summed E-state index contributed by atoms with van der Waals surface area (Å²) in [5, 5.41) is 28.5. The van der Waals surface area contributed by atoms with Crippen molar-refractivity contribution < 1.29 is 20.1 Å². The molecule has 0 spiro atoms. The molecule has 17 heavy (non-hydrogen) atoms. The maximum absolute atomic E-state index is 10.7. The number of aliphatic carboxylic acids is 1. The first-order valence-electron chi connectivity index (χ1n) is 5.08. The van der Waals surface area contributed by atoms with Crippen LogP contribution in [0.5, 0.6) is 5.75 Å². The van der Waals surface area contributed by atoms with Gasteiger partial charge in [0.1, 0.15) is 5.75 Å². The quantitative estimate of drug-likeness (QED) is 0.761. The van der Waals surface area contributed by atoms with Crippen molar-refractivity contribution in [3.8, 4) is 5.75 Å². The van der Waals surface area contributed by atoms with Gasteiger partial charge in [0.2, 0.25) is 0 Å². The van der Waals surface area contributed by atoms with Crippen LogP contribution in [0.2, 0.25) is 5.02 Å². The molecule has 0 fully saturated rings. The molecule has 0 bridgehead atoms. The molecule has 0 aromatic heterocycles. The Labute approximate surface area is 104 Å². The van der Waals surface area contributed by atoms with Crippen LogP contribution in [0, 0.1) is 0 Å². The lowest BCUT2D eigenvalue weighted by Crippen LogP contribution is -2.15. The van der Waals surface area contributed by atoms with Crippen LogP contribution in [0.15, 0.2) is 12.1 Å². The minimum atomic E-state index is -1.78. The molecule has 5 heteroatoms. The zero-order chi connectivity index (χ0) is 13.4. The Morgan fingerprint density at radius 3 is 2.29 bits per heavy atom. The van der Waals surface area contributed by atoms with Crippen LogP contribution in [-0.2, 0) is 10.2 Å². The summed E-state index contributed by atoms with van der Waals surface area (Å²) in [4.78, 5) is 10.7. The maximum atomic E-state index is 10.7. The van der Waals surface area contributed by atoms with Crippen LogP contribution >= 0.6 is 11.6 Å². The molecule has 4 nitrogen and oxygen atoms in total. The van der Waals surface area contributed by atoms with E-state index in [1.807, 2.05) is 20.8 Å². The highest BCUT2D eigenvalue weighted by molar-refractivity contribution is 6.30. The van der Waals surface area contributed by atoms with Gasteiger partial charge in [-0.3, -0.25) is 0 Å². The number of aliphatic hydroxyl groups is 1. The van der Waals surface area contributed by atoms with Gasteiger partial charge in [-0.2, -0.15) is 0 Å². The summed E-state index contributed by atoms with van der Waals surface area (Å²) in [6.45, 7) is 5.57. The van der Waals surface area contributed by atoms with Crippen LogP contribution in [0.25, 0.3) is 0 Å². The fourth-order valence-electron chi connectivity index (χ4n) is 1.53. The molecule has 1 aromatic carbocycles. The lowest BCUT2D eigenvalue weighted by molar-refractivity contribution is -0.147. The molecule has 1 rings (SSSR count). The number of benzene rings is 1. The SMILES string of the molecule is CC(C)(C)c1cc(Cl)cc(C(O)C(=O)O)c1O. The van der Waals surface area contributed by atoms with Gasteiger partial charge in [-0.15, -0.1) is 0 Å². The number of phenolic OH excluding ortho intramolecular Hbond substituents is 1. The van der Waals surface area contributed by atoms with Crippen molar-refractivity contribution in [1.82, 2.24) is 0 Å². The van der Waals surface area contributed by atoms with Gasteiger partial charge >= 0.3 is 5.97 Å². The lowest BCUT2D eigenvalue weighted by atomic mass is 9.84. The zero-order valence-electron chi connectivity index (χ0n) is 9.86. The van der Waals surface area contributed by atoms with E-state index >= 15 is 0 Å². The molecule has 0 saturated heterocycles. The molecular weight excluding hydrogens is 244 g/mol. The van der Waals surface area contributed by atoms with Crippen LogP contribution in [0.1, 0.15) is 38.0 Å². The molecule has 1 aromatic rings. The molecule has 0 saturated carbocycles. The number of halogens is 1. The summed E-state index contributed by atoms with van der Waals surface area (Å²) in [5.41, 5.74) is 0.0114. The van der Waals surface area contributed by atoms with Gasteiger partial charge < -0.3 is 15.3 Å². The highest BCUT2D eigenvalue weighted by atomic mass is 35.5. The topological polar surface area (TPSA) is 77.8 Å². The number of carboxylic acids is 1. The van der Waals surface area contributed by atoms with Crippen LogP contribution in [0.3, 0.4) is 0 Å². The van der Waals surface area contributed by atoms with Crippen molar-refractivity contribution in [3.63, 3.8) is 0 Å². The Morgan fingerprint density at radius 1 is 1.35 bits per heavy atom. The van der Waals surface area contributed by atoms with E-state index in [9.17, 15) is 15.0 Å². The number of hydrogen-bond acceptors (Lipinski definition) is 3. The first kappa shape index (κ1) is 13.8. The third-order valence-corrected chi connectivity index (χ3v) is 2.66. The predicted molar refractivity (Wildman–Crippen MR) is 64.4 cm³/mol. The highest BCUT2D eigenvalue weighted by Gasteiger charge is 2.26. The summed E-state index contributed by atoms with van der Waals surface area (Å²) < 4.78 is 0. The van der Waals surface area contributed by atoms with Crippen molar-refractivity contribution in [2.75, 3.05) is 0 Å². The van der Waals surface area contributed by atoms with Gasteiger partial charge in [0, 0.05) is 16.1 Å². The Balaban J connectivity index is 3.44. The summed E-state index contributed by atoms with van der Waals surface area (Å²) in [5.74, 6) is -1.65. The zero-order valence-corrected chi connectivity index (χ0v) is 10.6. The molecule has 0 radical (unpaired) electrons. The monoisotopic (exact) mass is 258 g/mol. The minimum absolute atomic E-state index is 0.0880. The number of phenols is 1. The second-order valence-electron chi connectivity index (χ2n) is 4.88.